The normalized spacial score (nSPS) is 13.2. The van der Waals surface area contributed by atoms with Gasteiger partial charge in [-0.25, -0.2) is 4.79 Å². The molecule has 1 N–H and O–H groups in total. The minimum atomic E-state index is -3.59. The number of aliphatic hydroxyl groups excluding tert-OH is 1. The number of thiophene rings is 1. The molecule has 1 atom stereocenters. The fourth-order valence-corrected chi connectivity index (χ4v) is 3.11. The van der Waals surface area contributed by atoms with E-state index in [1.54, 1.807) is 19.1 Å². The van der Waals surface area contributed by atoms with Crippen LogP contribution in [0.2, 0.25) is 0 Å². The van der Waals surface area contributed by atoms with Crippen molar-refractivity contribution in [3.63, 3.8) is 0 Å². The van der Waals surface area contributed by atoms with Crippen LogP contribution in [0.15, 0.2) is 12.1 Å². The zero-order valence-corrected chi connectivity index (χ0v) is 13.0. The Hall–Kier alpha value is -0.960. The molecule has 6 nitrogen and oxygen atoms in total. The van der Waals surface area contributed by atoms with E-state index in [0.717, 1.165) is 11.1 Å². The average Bonchev–Trinajstić information content (AvgIpc) is 2.82. The van der Waals surface area contributed by atoms with Gasteiger partial charge in [0.1, 0.15) is 11.0 Å². The maximum absolute atomic E-state index is 11.5. The molecular formula is C12H18O6S2. The van der Waals surface area contributed by atoms with Crippen LogP contribution in [0.5, 0.6) is 0 Å². The number of carbonyl (C=O) groups excluding carboxylic acids is 1. The molecule has 1 aromatic rings. The SMILES string of the molecule is CCOC(=O)c1ccc(CC[C@@H](CO)OS(C)(=O)=O)s1. The Kier molecular flexibility index (Phi) is 6.60. The fourth-order valence-electron chi connectivity index (χ4n) is 1.54. The average molecular weight is 322 g/mol. The van der Waals surface area contributed by atoms with Gasteiger partial charge in [0.25, 0.3) is 10.1 Å². The Balaban J connectivity index is 2.54. The van der Waals surface area contributed by atoms with E-state index in [4.69, 9.17) is 14.0 Å². The van der Waals surface area contributed by atoms with Gasteiger partial charge in [-0.15, -0.1) is 11.3 Å². The van der Waals surface area contributed by atoms with Crippen molar-refractivity contribution in [2.45, 2.75) is 25.9 Å². The smallest absolute Gasteiger partial charge is 0.348 e. The topological polar surface area (TPSA) is 89.9 Å². The monoisotopic (exact) mass is 322 g/mol. The summed E-state index contributed by atoms with van der Waals surface area (Å²) in [4.78, 5) is 12.9. The second kappa shape index (κ2) is 7.72. The van der Waals surface area contributed by atoms with Crippen molar-refractivity contribution in [3.8, 4) is 0 Å². The van der Waals surface area contributed by atoms with Crippen molar-refractivity contribution in [2.75, 3.05) is 19.5 Å². The highest BCUT2D eigenvalue weighted by Crippen LogP contribution is 2.20. The molecule has 8 heteroatoms. The largest absolute Gasteiger partial charge is 0.462 e. The number of esters is 1. The standard InChI is InChI=1S/C12H18O6S2/c1-3-17-12(14)11-7-6-10(19-11)5-4-9(8-13)18-20(2,15)16/h6-7,9,13H,3-5,8H2,1-2H3/t9-/m0/s1. The van der Waals surface area contributed by atoms with Gasteiger partial charge in [0, 0.05) is 4.88 Å². The van der Waals surface area contributed by atoms with Gasteiger partial charge in [0.2, 0.25) is 0 Å². The van der Waals surface area contributed by atoms with E-state index in [2.05, 4.69) is 0 Å². The lowest BCUT2D eigenvalue weighted by atomic mass is 10.2. The summed E-state index contributed by atoms with van der Waals surface area (Å²) in [5, 5.41) is 9.07. The van der Waals surface area contributed by atoms with Crippen LogP contribution in [0.3, 0.4) is 0 Å². The van der Waals surface area contributed by atoms with E-state index < -0.39 is 16.2 Å². The van der Waals surface area contributed by atoms with Crippen molar-refractivity contribution in [1.29, 1.82) is 0 Å². The highest BCUT2D eigenvalue weighted by Gasteiger charge is 2.16. The third kappa shape index (κ3) is 6.00. The van der Waals surface area contributed by atoms with Gasteiger partial charge in [-0.1, -0.05) is 0 Å². The molecule has 0 aliphatic rings. The Bertz CT molecular complexity index is 534. The Morgan fingerprint density at radius 1 is 1.45 bits per heavy atom. The summed E-state index contributed by atoms with van der Waals surface area (Å²) in [5.41, 5.74) is 0. The molecule has 0 spiro atoms. The summed E-state index contributed by atoms with van der Waals surface area (Å²) in [6.45, 7) is 1.69. The van der Waals surface area contributed by atoms with Crippen LogP contribution in [0.25, 0.3) is 0 Å². The first-order valence-corrected chi connectivity index (χ1v) is 8.74. The lowest BCUT2D eigenvalue weighted by Gasteiger charge is -2.12. The van der Waals surface area contributed by atoms with E-state index >= 15 is 0 Å². The van der Waals surface area contributed by atoms with Gasteiger partial charge in [-0.3, -0.25) is 4.18 Å². The maximum Gasteiger partial charge on any atom is 0.348 e. The van der Waals surface area contributed by atoms with Gasteiger partial charge in [-0.2, -0.15) is 8.42 Å². The fraction of sp³-hybridized carbons (Fsp3) is 0.583. The second-order valence-corrected chi connectivity index (χ2v) is 6.90. The van der Waals surface area contributed by atoms with Crippen LogP contribution in [-0.4, -0.2) is 45.1 Å². The van der Waals surface area contributed by atoms with Gasteiger partial charge in [0.15, 0.2) is 0 Å². The molecule has 0 aliphatic heterocycles. The van der Waals surface area contributed by atoms with Gasteiger partial charge in [-0.05, 0) is 31.9 Å². The number of hydrogen-bond donors (Lipinski definition) is 1. The molecule has 0 saturated carbocycles. The lowest BCUT2D eigenvalue weighted by molar-refractivity contribution is 0.0532. The molecular weight excluding hydrogens is 304 g/mol. The summed E-state index contributed by atoms with van der Waals surface area (Å²) in [6, 6.07) is 3.45. The Labute approximate surface area is 122 Å². The number of ether oxygens (including phenoxy) is 1. The molecule has 1 heterocycles. The first-order chi connectivity index (χ1) is 9.35. The molecule has 1 aromatic heterocycles. The Morgan fingerprint density at radius 2 is 2.15 bits per heavy atom. The summed E-state index contributed by atoms with van der Waals surface area (Å²) in [6.07, 6.45) is 1.05. The van der Waals surface area contributed by atoms with Crippen molar-refractivity contribution in [3.05, 3.63) is 21.9 Å². The predicted molar refractivity (Wildman–Crippen MR) is 75.4 cm³/mol. The first kappa shape index (κ1) is 17.1. The van der Waals surface area contributed by atoms with E-state index in [9.17, 15) is 13.2 Å². The summed E-state index contributed by atoms with van der Waals surface area (Å²) >= 11 is 1.29. The van der Waals surface area contributed by atoms with E-state index in [0.29, 0.717) is 24.3 Å². The summed E-state index contributed by atoms with van der Waals surface area (Å²) in [5.74, 6) is -0.366. The van der Waals surface area contributed by atoms with Gasteiger partial charge in [0.05, 0.1) is 19.5 Å². The van der Waals surface area contributed by atoms with Crippen LogP contribution >= 0.6 is 11.3 Å². The third-order valence-corrected chi connectivity index (χ3v) is 4.11. The molecule has 114 valence electrons. The van der Waals surface area contributed by atoms with E-state index in [1.165, 1.54) is 11.3 Å². The molecule has 0 aromatic carbocycles. The van der Waals surface area contributed by atoms with Crippen LogP contribution in [0.1, 0.15) is 27.9 Å². The molecule has 0 aliphatic carbocycles. The first-order valence-electron chi connectivity index (χ1n) is 6.10. The van der Waals surface area contributed by atoms with Gasteiger partial charge < -0.3 is 9.84 Å². The molecule has 0 bridgehead atoms. The molecule has 0 fully saturated rings. The summed E-state index contributed by atoms with van der Waals surface area (Å²) in [7, 11) is -3.59. The van der Waals surface area contributed by atoms with Crippen molar-refractivity contribution < 1.29 is 27.2 Å². The van der Waals surface area contributed by atoms with Gasteiger partial charge >= 0.3 is 5.97 Å². The Morgan fingerprint density at radius 3 is 2.70 bits per heavy atom. The van der Waals surface area contributed by atoms with Crippen LogP contribution < -0.4 is 0 Å². The molecule has 20 heavy (non-hydrogen) atoms. The zero-order chi connectivity index (χ0) is 15.2. The van der Waals surface area contributed by atoms with Crippen molar-refractivity contribution in [1.82, 2.24) is 0 Å². The molecule has 0 radical (unpaired) electrons. The van der Waals surface area contributed by atoms with Crippen LogP contribution in [0, 0.1) is 0 Å². The number of hydrogen-bond acceptors (Lipinski definition) is 7. The quantitative estimate of drug-likeness (QED) is 0.571. The van der Waals surface area contributed by atoms with Crippen LogP contribution in [-0.2, 0) is 25.5 Å². The highest BCUT2D eigenvalue weighted by atomic mass is 32.2. The number of aryl methyl sites for hydroxylation is 1. The number of carbonyl (C=O) groups is 1. The molecule has 1 rings (SSSR count). The van der Waals surface area contributed by atoms with Crippen molar-refractivity contribution >= 4 is 27.4 Å². The maximum atomic E-state index is 11.5. The number of rotatable bonds is 8. The van der Waals surface area contributed by atoms with E-state index in [1.807, 2.05) is 0 Å². The minimum Gasteiger partial charge on any atom is -0.462 e. The number of aliphatic hydroxyl groups is 1. The predicted octanol–water partition coefficient (Wildman–Crippen LogP) is 1.19. The van der Waals surface area contributed by atoms with E-state index in [-0.39, 0.29) is 12.6 Å². The lowest BCUT2D eigenvalue weighted by Crippen LogP contribution is -2.22. The molecule has 0 saturated heterocycles. The zero-order valence-electron chi connectivity index (χ0n) is 11.4. The van der Waals surface area contributed by atoms with Crippen LogP contribution in [0.4, 0.5) is 0 Å². The second-order valence-electron chi connectivity index (χ2n) is 4.13. The summed E-state index contributed by atoms with van der Waals surface area (Å²) < 4.78 is 31.6. The molecule has 0 unspecified atom stereocenters. The molecule has 0 amide bonds. The minimum absolute atomic E-state index is 0.320. The third-order valence-electron chi connectivity index (χ3n) is 2.37. The highest BCUT2D eigenvalue weighted by molar-refractivity contribution is 7.86. The van der Waals surface area contributed by atoms with Crippen molar-refractivity contribution in [2.24, 2.45) is 0 Å².